The van der Waals surface area contributed by atoms with Crippen LogP contribution < -0.4 is 5.32 Å². The van der Waals surface area contributed by atoms with E-state index in [1.807, 2.05) is 0 Å². The van der Waals surface area contributed by atoms with E-state index in [4.69, 9.17) is 0 Å². The van der Waals surface area contributed by atoms with Gasteiger partial charge in [-0.2, -0.15) is 0 Å². The first-order valence-corrected chi connectivity index (χ1v) is 7.86. The molecule has 0 spiro atoms. The lowest BCUT2D eigenvalue weighted by atomic mass is 9.95. The van der Waals surface area contributed by atoms with Crippen molar-refractivity contribution in [1.29, 1.82) is 0 Å². The summed E-state index contributed by atoms with van der Waals surface area (Å²) in [5.41, 5.74) is 2.92. The van der Waals surface area contributed by atoms with E-state index in [0.29, 0.717) is 12.0 Å². The second-order valence-corrected chi connectivity index (χ2v) is 6.20. The second kappa shape index (κ2) is 8.37. The van der Waals surface area contributed by atoms with Gasteiger partial charge < -0.3 is 5.32 Å². The van der Waals surface area contributed by atoms with Gasteiger partial charge in [0.15, 0.2) is 0 Å². The summed E-state index contributed by atoms with van der Waals surface area (Å²) in [6.45, 7) is 12.4. The molecule has 0 bridgehead atoms. The van der Waals surface area contributed by atoms with Crippen molar-refractivity contribution in [2.24, 2.45) is 5.92 Å². The summed E-state index contributed by atoms with van der Waals surface area (Å²) in [6, 6.07) is 9.83. The van der Waals surface area contributed by atoms with E-state index < -0.39 is 0 Å². The van der Waals surface area contributed by atoms with Gasteiger partial charge in [0.05, 0.1) is 0 Å². The largest absolute Gasteiger partial charge is 0.314 e. The van der Waals surface area contributed by atoms with Crippen LogP contribution in [0, 0.1) is 5.92 Å². The molecule has 1 atom stereocenters. The number of aryl methyl sites for hydroxylation is 1. The molecule has 19 heavy (non-hydrogen) atoms. The fourth-order valence-electron chi connectivity index (χ4n) is 2.53. The van der Waals surface area contributed by atoms with Crippen molar-refractivity contribution in [3.8, 4) is 0 Å². The molecule has 0 amide bonds. The molecular formula is C18H31N. The lowest BCUT2D eigenvalue weighted by Crippen LogP contribution is -2.33. The Morgan fingerprint density at radius 2 is 1.63 bits per heavy atom. The van der Waals surface area contributed by atoms with E-state index in [1.165, 1.54) is 30.4 Å². The van der Waals surface area contributed by atoms with Gasteiger partial charge in [-0.3, -0.25) is 0 Å². The molecule has 0 aliphatic rings. The SMILES string of the molecule is CCNC(CCCc1ccc(C(C)C)cc1)C(C)C. The molecular weight excluding hydrogens is 230 g/mol. The maximum absolute atomic E-state index is 3.59. The minimum Gasteiger partial charge on any atom is -0.314 e. The van der Waals surface area contributed by atoms with Crippen LogP contribution in [0.4, 0.5) is 0 Å². The molecule has 0 aliphatic heterocycles. The molecule has 0 aliphatic carbocycles. The van der Waals surface area contributed by atoms with Crippen molar-refractivity contribution < 1.29 is 0 Å². The summed E-state index contributed by atoms with van der Waals surface area (Å²) < 4.78 is 0. The third kappa shape index (κ3) is 5.78. The van der Waals surface area contributed by atoms with E-state index in [9.17, 15) is 0 Å². The summed E-state index contributed by atoms with van der Waals surface area (Å²) in [5.74, 6) is 1.36. The fourth-order valence-corrected chi connectivity index (χ4v) is 2.53. The first kappa shape index (κ1) is 16.2. The Labute approximate surface area is 119 Å². The van der Waals surface area contributed by atoms with Crippen LogP contribution in [0.25, 0.3) is 0 Å². The van der Waals surface area contributed by atoms with Crippen LogP contribution in [-0.2, 0) is 6.42 Å². The Balaban J connectivity index is 2.39. The van der Waals surface area contributed by atoms with Crippen LogP contribution in [-0.4, -0.2) is 12.6 Å². The van der Waals surface area contributed by atoms with Gasteiger partial charge in [-0.15, -0.1) is 0 Å². The average molecular weight is 261 g/mol. The van der Waals surface area contributed by atoms with E-state index in [1.54, 1.807) is 0 Å². The Morgan fingerprint density at radius 1 is 1.00 bits per heavy atom. The maximum atomic E-state index is 3.59. The zero-order chi connectivity index (χ0) is 14.3. The highest BCUT2D eigenvalue weighted by Gasteiger charge is 2.11. The number of nitrogens with one attached hydrogen (secondary N) is 1. The van der Waals surface area contributed by atoms with Gasteiger partial charge in [-0.1, -0.05) is 58.9 Å². The number of hydrogen-bond acceptors (Lipinski definition) is 1. The van der Waals surface area contributed by atoms with E-state index >= 15 is 0 Å². The lowest BCUT2D eigenvalue weighted by Gasteiger charge is -2.21. The molecule has 1 unspecified atom stereocenters. The third-order valence-corrected chi connectivity index (χ3v) is 3.90. The Bertz CT molecular complexity index is 337. The van der Waals surface area contributed by atoms with Crippen LogP contribution in [0.1, 0.15) is 64.5 Å². The predicted octanol–water partition coefficient (Wildman–Crippen LogP) is 4.77. The molecule has 1 rings (SSSR count). The number of hydrogen-bond donors (Lipinski definition) is 1. The van der Waals surface area contributed by atoms with Crippen molar-refractivity contribution in [2.45, 2.75) is 65.8 Å². The van der Waals surface area contributed by atoms with Crippen LogP contribution >= 0.6 is 0 Å². The summed E-state index contributed by atoms with van der Waals surface area (Å²) in [7, 11) is 0. The monoisotopic (exact) mass is 261 g/mol. The Hall–Kier alpha value is -0.820. The predicted molar refractivity (Wildman–Crippen MR) is 85.8 cm³/mol. The fraction of sp³-hybridized carbons (Fsp3) is 0.667. The molecule has 1 aromatic carbocycles. The quantitative estimate of drug-likeness (QED) is 0.711. The van der Waals surface area contributed by atoms with E-state index in [-0.39, 0.29) is 0 Å². The zero-order valence-electron chi connectivity index (χ0n) is 13.4. The minimum atomic E-state index is 0.633. The van der Waals surface area contributed by atoms with Crippen LogP contribution in [0.5, 0.6) is 0 Å². The molecule has 1 heteroatoms. The zero-order valence-corrected chi connectivity index (χ0v) is 13.4. The molecule has 0 saturated carbocycles. The van der Waals surface area contributed by atoms with Gasteiger partial charge in [0.1, 0.15) is 0 Å². The molecule has 0 fully saturated rings. The standard InChI is InChI=1S/C18H31N/c1-6-19-18(15(4)5)9-7-8-16-10-12-17(13-11-16)14(2)3/h10-15,18-19H,6-9H2,1-5H3. The highest BCUT2D eigenvalue weighted by atomic mass is 14.9. The highest BCUT2D eigenvalue weighted by molar-refractivity contribution is 5.24. The van der Waals surface area contributed by atoms with Crippen LogP contribution in [0.3, 0.4) is 0 Å². The summed E-state index contributed by atoms with van der Waals surface area (Å²) in [6.07, 6.45) is 3.75. The molecule has 0 radical (unpaired) electrons. The average Bonchev–Trinajstić information content (AvgIpc) is 2.38. The van der Waals surface area contributed by atoms with Gasteiger partial charge in [-0.05, 0) is 48.8 Å². The van der Waals surface area contributed by atoms with Gasteiger partial charge in [0.2, 0.25) is 0 Å². The first-order chi connectivity index (χ1) is 9.04. The summed E-state index contributed by atoms with van der Waals surface area (Å²) in [4.78, 5) is 0. The maximum Gasteiger partial charge on any atom is 0.00900 e. The van der Waals surface area contributed by atoms with Gasteiger partial charge in [-0.25, -0.2) is 0 Å². The van der Waals surface area contributed by atoms with E-state index in [0.717, 1.165) is 12.5 Å². The topological polar surface area (TPSA) is 12.0 Å². The molecule has 1 nitrogen and oxygen atoms in total. The van der Waals surface area contributed by atoms with Crippen molar-refractivity contribution in [2.75, 3.05) is 6.54 Å². The first-order valence-electron chi connectivity index (χ1n) is 7.86. The van der Waals surface area contributed by atoms with Crippen LogP contribution in [0.2, 0.25) is 0 Å². The van der Waals surface area contributed by atoms with Crippen molar-refractivity contribution in [1.82, 2.24) is 5.32 Å². The third-order valence-electron chi connectivity index (χ3n) is 3.90. The van der Waals surface area contributed by atoms with E-state index in [2.05, 4.69) is 64.2 Å². The van der Waals surface area contributed by atoms with Crippen molar-refractivity contribution >= 4 is 0 Å². The molecule has 0 aromatic heterocycles. The normalized spacial score (nSPS) is 13.2. The van der Waals surface area contributed by atoms with Crippen molar-refractivity contribution in [3.63, 3.8) is 0 Å². The summed E-state index contributed by atoms with van der Waals surface area (Å²) in [5, 5.41) is 3.59. The smallest absolute Gasteiger partial charge is 0.00900 e. The Kier molecular flexibility index (Phi) is 7.15. The van der Waals surface area contributed by atoms with Gasteiger partial charge >= 0.3 is 0 Å². The van der Waals surface area contributed by atoms with Gasteiger partial charge in [0, 0.05) is 6.04 Å². The van der Waals surface area contributed by atoms with Gasteiger partial charge in [0.25, 0.3) is 0 Å². The second-order valence-electron chi connectivity index (χ2n) is 6.20. The molecule has 0 heterocycles. The molecule has 108 valence electrons. The van der Waals surface area contributed by atoms with Crippen molar-refractivity contribution in [3.05, 3.63) is 35.4 Å². The lowest BCUT2D eigenvalue weighted by molar-refractivity contribution is 0.377. The van der Waals surface area contributed by atoms with Crippen LogP contribution in [0.15, 0.2) is 24.3 Å². The number of rotatable bonds is 8. The Morgan fingerprint density at radius 3 is 2.11 bits per heavy atom. The minimum absolute atomic E-state index is 0.633. The molecule has 1 aromatic rings. The molecule has 1 N–H and O–H groups in total. The highest BCUT2D eigenvalue weighted by Crippen LogP contribution is 2.17. The molecule has 0 saturated heterocycles. The summed E-state index contributed by atoms with van der Waals surface area (Å²) >= 11 is 0. The number of benzene rings is 1.